The molecule has 0 aliphatic heterocycles. The fourth-order valence-corrected chi connectivity index (χ4v) is 4.14. The molecule has 1 N–H and O–H groups in total. The van der Waals surface area contributed by atoms with Gasteiger partial charge in [0.2, 0.25) is 5.91 Å². The molecule has 30 heavy (non-hydrogen) atoms. The van der Waals surface area contributed by atoms with Crippen LogP contribution in [0.5, 0.6) is 0 Å². The number of nitrogens with zero attached hydrogens (tertiary/aromatic N) is 4. The molecule has 0 bridgehead atoms. The minimum atomic E-state index is -0.565. The predicted molar refractivity (Wildman–Crippen MR) is 116 cm³/mol. The highest BCUT2D eigenvalue weighted by Crippen LogP contribution is 2.37. The van der Waals surface area contributed by atoms with Crippen LogP contribution in [-0.2, 0) is 11.8 Å². The molecule has 0 aliphatic carbocycles. The number of aromatic nitrogens is 4. The molecular weight excluding hydrogens is 422 g/mol. The third-order valence-corrected chi connectivity index (χ3v) is 6.01. The molecule has 0 saturated carbocycles. The van der Waals surface area contributed by atoms with E-state index >= 15 is 0 Å². The Morgan fingerprint density at radius 2 is 1.87 bits per heavy atom. The fourth-order valence-electron chi connectivity index (χ4n) is 2.92. The number of nitrogens with one attached hydrogen (secondary N) is 1. The standard InChI is InChI=1S/C21H18ClN5O2S/c1-13-12-17(26-29-13)23-20(28)18(14-8-4-3-5-9-14)30-21-25-24-19(27(21)2)15-10-6-7-11-16(15)22/h3-12,18H,1-2H3,(H,23,26,28). The molecule has 2 aromatic carbocycles. The number of carbonyl (C=O) groups excluding carboxylic acids is 1. The molecule has 1 amide bonds. The number of amides is 1. The van der Waals surface area contributed by atoms with Gasteiger partial charge in [0.05, 0.1) is 5.02 Å². The molecule has 4 aromatic rings. The van der Waals surface area contributed by atoms with Gasteiger partial charge in [-0.05, 0) is 24.6 Å². The van der Waals surface area contributed by atoms with Gasteiger partial charge in [-0.3, -0.25) is 4.79 Å². The van der Waals surface area contributed by atoms with E-state index in [2.05, 4.69) is 20.7 Å². The summed E-state index contributed by atoms with van der Waals surface area (Å²) in [5, 5.41) is 15.8. The summed E-state index contributed by atoms with van der Waals surface area (Å²) in [5.74, 6) is 1.38. The predicted octanol–water partition coefficient (Wildman–Crippen LogP) is 4.90. The molecule has 4 rings (SSSR count). The van der Waals surface area contributed by atoms with Gasteiger partial charge in [0, 0.05) is 18.7 Å². The van der Waals surface area contributed by atoms with E-state index in [-0.39, 0.29) is 5.91 Å². The number of anilines is 1. The van der Waals surface area contributed by atoms with E-state index < -0.39 is 5.25 Å². The summed E-state index contributed by atoms with van der Waals surface area (Å²) >= 11 is 7.62. The zero-order valence-electron chi connectivity index (χ0n) is 16.2. The summed E-state index contributed by atoms with van der Waals surface area (Å²) in [6.07, 6.45) is 0. The maximum atomic E-state index is 13.1. The molecule has 7 nitrogen and oxygen atoms in total. The lowest BCUT2D eigenvalue weighted by molar-refractivity contribution is -0.115. The van der Waals surface area contributed by atoms with Gasteiger partial charge in [-0.15, -0.1) is 10.2 Å². The lowest BCUT2D eigenvalue weighted by atomic mass is 10.1. The van der Waals surface area contributed by atoms with E-state index in [4.69, 9.17) is 16.1 Å². The van der Waals surface area contributed by atoms with Crippen molar-refractivity contribution in [3.8, 4) is 11.4 Å². The molecule has 1 unspecified atom stereocenters. The lowest BCUT2D eigenvalue weighted by Crippen LogP contribution is -2.19. The van der Waals surface area contributed by atoms with E-state index in [0.717, 1.165) is 11.1 Å². The Labute approximate surface area is 182 Å². The molecule has 0 spiro atoms. The highest BCUT2D eigenvalue weighted by atomic mass is 35.5. The number of hydrogen-bond donors (Lipinski definition) is 1. The van der Waals surface area contributed by atoms with Gasteiger partial charge in [-0.2, -0.15) is 0 Å². The molecule has 0 fully saturated rings. The van der Waals surface area contributed by atoms with Gasteiger partial charge in [-0.25, -0.2) is 0 Å². The number of hydrogen-bond acceptors (Lipinski definition) is 6. The summed E-state index contributed by atoms with van der Waals surface area (Å²) in [6, 6.07) is 18.6. The van der Waals surface area contributed by atoms with Crippen LogP contribution in [0.3, 0.4) is 0 Å². The van der Waals surface area contributed by atoms with Crippen LogP contribution < -0.4 is 5.32 Å². The zero-order chi connectivity index (χ0) is 21.1. The molecule has 2 heterocycles. The molecule has 9 heteroatoms. The maximum absolute atomic E-state index is 13.1. The van der Waals surface area contributed by atoms with Crippen LogP contribution in [0.4, 0.5) is 5.82 Å². The van der Waals surface area contributed by atoms with Gasteiger partial charge in [-0.1, -0.05) is 71.0 Å². The zero-order valence-corrected chi connectivity index (χ0v) is 17.8. The van der Waals surface area contributed by atoms with E-state index in [9.17, 15) is 4.79 Å². The van der Waals surface area contributed by atoms with Crippen LogP contribution in [0.2, 0.25) is 5.02 Å². The van der Waals surface area contributed by atoms with Crippen LogP contribution >= 0.6 is 23.4 Å². The quantitative estimate of drug-likeness (QED) is 0.430. The monoisotopic (exact) mass is 439 g/mol. The number of aryl methyl sites for hydroxylation is 1. The van der Waals surface area contributed by atoms with Gasteiger partial charge in [0.25, 0.3) is 0 Å². The Bertz CT molecular complexity index is 1180. The maximum Gasteiger partial charge on any atom is 0.243 e. The van der Waals surface area contributed by atoms with Crippen molar-refractivity contribution >= 4 is 35.1 Å². The van der Waals surface area contributed by atoms with Gasteiger partial charge < -0.3 is 14.4 Å². The lowest BCUT2D eigenvalue weighted by Gasteiger charge is -2.15. The molecule has 2 aromatic heterocycles. The Morgan fingerprint density at radius 1 is 1.13 bits per heavy atom. The highest BCUT2D eigenvalue weighted by Gasteiger charge is 2.26. The second kappa shape index (κ2) is 8.73. The summed E-state index contributed by atoms with van der Waals surface area (Å²) in [4.78, 5) is 13.1. The van der Waals surface area contributed by atoms with Crippen molar-refractivity contribution in [3.05, 3.63) is 77.0 Å². The first kappa shape index (κ1) is 20.2. The average Bonchev–Trinajstić information content (AvgIpc) is 3.32. The molecule has 0 saturated heterocycles. The third kappa shape index (κ3) is 4.24. The van der Waals surface area contributed by atoms with Crippen molar-refractivity contribution in [3.63, 3.8) is 0 Å². The first-order chi connectivity index (χ1) is 14.5. The molecule has 1 atom stereocenters. The number of benzene rings is 2. The number of thioether (sulfide) groups is 1. The van der Waals surface area contributed by atoms with Gasteiger partial charge in [0.15, 0.2) is 16.8 Å². The number of halogens is 1. The molecule has 152 valence electrons. The Hall–Kier alpha value is -3.10. The summed E-state index contributed by atoms with van der Waals surface area (Å²) < 4.78 is 6.87. The van der Waals surface area contributed by atoms with Crippen LogP contribution in [0.1, 0.15) is 16.6 Å². The largest absolute Gasteiger partial charge is 0.360 e. The van der Waals surface area contributed by atoms with Gasteiger partial charge >= 0.3 is 0 Å². The SMILES string of the molecule is Cc1cc(NC(=O)C(Sc2nnc(-c3ccccc3Cl)n2C)c2ccccc2)no1. The third-order valence-electron chi connectivity index (χ3n) is 4.39. The van der Waals surface area contributed by atoms with Crippen molar-refractivity contribution in [2.75, 3.05) is 5.32 Å². The van der Waals surface area contributed by atoms with Gasteiger partial charge in [0.1, 0.15) is 11.0 Å². The Morgan fingerprint density at radius 3 is 2.57 bits per heavy atom. The molecular formula is C21H18ClN5O2S. The van der Waals surface area contributed by atoms with Crippen LogP contribution in [0.15, 0.2) is 70.3 Å². The molecule has 0 aliphatic rings. The highest BCUT2D eigenvalue weighted by molar-refractivity contribution is 8.00. The minimum absolute atomic E-state index is 0.234. The number of rotatable bonds is 6. The summed E-state index contributed by atoms with van der Waals surface area (Å²) in [6.45, 7) is 1.77. The van der Waals surface area contributed by atoms with Crippen molar-refractivity contribution in [1.29, 1.82) is 0 Å². The van der Waals surface area contributed by atoms with Crippen LogP contribution in [-0.4, -0.2) is 25.8 Å². The molecule has 0 radical (unpaired) electrons. The smallest absolute Gasteiger partial charge is 0.243 e. The summed E-state index contributed by atoms with van der Waals surface area (Å²) in [7, 11) is 1.85. The van der Waals surface area contributed by atoms with E-state index in [1.807, 2.05) is 60.1 Å². The van der Waals surface area contributed by atoms with E-state index in [0.29, 0.717) is 27.6 Å². The average molecular weight is 440 g/mol. The van der Waals surface area contributed by atoms with Crippen molar-refractivity contribution in [2.45, 2.75) is 17.3 Å². The van der Waals surface area contributed by atoms with Crippen molar-refractivity contribution in [1.82, 2.24) is 19.9 Å². The Balaban J connectivity index is 1.64. The normalized spacial score (nSPS) is 12.0. The fraction of sp³-hybridized carbons (Fsp3) is 0.143. The Kier molecular flexibility index (Phi) is 5.87. The van der Waals surface area contributed by atoms with E-state index in [1.165, 1.54) is 11.8 Å². The van der Waals surface area contributed by atoms with Crippen molar-refractivity contribution in [2.24, 2.45) is 7.05 Å². The number of carbonyl (C=O) groups is 1. The summed E-state index contributed by atoms with van der Waals surface area (Å²) in [5.41, 5.74) is 1.61. The van der Waals surface area contributed by atoms with Crippen LogP contribution in [0.25, 0.3) is 11.4 Å². The van der Waals surface area contributed by atoms with Crippen LogP contribution in [0, 0.1) is 6.92 Å². The first-order valence-corrected chi connectivity index (χ1v) is 10.4. The second-order valence-electron chi connectivity index (χ2n) is 6.57. The first-order valence-electron chi connectivity index (χ1n) is 9.13. The second-order valence-corrected chi connectivity index (χ2v) is 8.05. The minimum Gasteiger partial charge on any atom is -0.360 e. The van der Waals surface area contributed by atoms with E-state index in [1.54, 1.807) is 19.1 Å². The topological polar surface area (TPSA) is 85.8 Å². The van der Waals surface area contributed by atoms with Crippen molar-refractivity contribution < 1.29 is 9.32 Å².